The van der Waals surface area contributed by atoms with Gasteiger partial charge in [-0.3, -0.25) is 4.79 Å². The summed E-state index contributed by atoms with van der Waals surface area (Å²) >= 11 is 0. The van der Waals surface area contributed by atoms with E-state index in [1.807, 2.05) is 29.2 Å². The van der Waals surface area contributed by atoms with Gasteiger partial charge in [0.25, 0.3) is 0 Å². The molecule has 2 aliphatic heterocycles. The second kappa shape index (κ2) is 8.23. The molecule has 0 bridgehead atoms. The Morgan fingerprint density at radius 1 is 0.436 bits per heavy atom. The highest BCUT2D eigenvalue weighted by Crippen LogP contribution is 2.50. The molecule has 0 N–H and O–H groups in total. The van der Waals surface area contributed by atoms with E-state index in [-0.39, 0.29) is 36.5 Å². The molecule has 5 aromatic rings. The maximum atomic E-state index is 13.5. The number of rotatable bonds is 2. The minimum atomic E-state index is -3.85. The number of benzene rings is 5. The normalized spacial score (nSPS) is 16.0. The van der Waals surface area contributed by atoms with Crippen molar-refractivity contribution in [3.63, 3.8) is 0 Å². The van der Waals surface area contributed by atoms with E-state index in [9.17, 15) is 21.6 Å². The first-order chi connectivity index (χ1) is 18.8. The molecule has 0 spiro atoms. The first kappa shape index (κ1) is 23.6. The van der Waals surface area contributed by atoms with Gasteiger partial charge < -0.3 is 4.90 Å². The molecule has 0 unspecified atom stereocenters. The standard InChI is InChI=1S/C31H19NO5S2/c33-31-22-10-2-6-14-27(22)38(34,35)28-18-17-20(19-23(28)31)21-9-1-3-11-24(21)32-25-12-4-7-15-29(25)39(36,37)30-16-8-5-13-26(30)32/h1-19H. The molecule has 0 saturated heterocycles. The van der Waals surface area contributed by atoms with Crippen molar-refractivity contribution in [1.82, 2.24) is 0 Å². The van der Waals surface area contributed by atoms with Gasteiger partial charge in [-0.15, -0.1) is 0 Å². The monoisotopic (exact) mass is 549 g/mol. The molecule has 0 amide bonds. The summed E-state index contributed by atoms with van der Waals surface area (Å²) in [6.45, 7) is 0. The molecule has 0 fully saturated rings. The SMILES string of the molecule is O=C1c2ccccc2S(=O)(=O)c2ccc(-c3ccccc3N3c4ccccc4S(=O)(=O)c4ccccc43)cc21. The Balaban J connectivity index is 1.46. The number of fused-ring (bicyclic) bond motifs is 4. The summed E-state index contributed by atoms with van der Waals surface area (Å²) in [7, 11) is -7.59. The molecule has 0 atom stereocenters. The van der Waals surface area contributed by atoms with Crippen LogP contribution in [0.25, 0.3) is 11.1 Å². The molecule has 7 rings (SSSR count). The molecule has 0 aromatic heterocycles. The Hall–Kier alpha value is -4.53. The van der Waals surface area contributed by atoms with Crippen molar-refractivity contribution in [3.8, 4) is 11.1 Å². The maximum Gasteiger partial charge on any atom is 0.210 e. The summed E-state index contributed by atoms with van der Waals surface area (Å²) in [6.07, 6.45) is 0. The molecule has 190 valence electrons. The topological polar surface area (TPSA) is 88.6 Å². The average Bonchev–Trinajstić information content (AvgIpc) is 2.96. The smallest absolute Gasteiger partial charge is 0.210 e. The van der Waals surface area contributed by atoms with Crippen molar-refractivity contribution in [2.24, 2.45) is 0 Å². The first-order valence-electron chi connectivity index (χ1n) is 12.2. The largest absolute Gasteiger partial charge is 0.307 e. The fraction of sp³-hybridized carbons (Fsp3) is 0. The molecule has 6 nitrogen and oxygen atoms in total. The van der Waals surface area contributed by atoms with Gasteiger partial charge in [0.15, 0.2) is 5.78 Å². The third-order valence-corrected chi connectivity index (χ3v) is 10.9. The van der Waals surface area contributed by atoms with Crippen molar-refractivity contribution in [3.05, 3.63) is 126 Å². The lowest BCUT2D eigenvalue weighted by atomic mass is 9.96. The first-order valence-corrected chi connectivity index (χ1v) is 15.1. The third-order valence-electron chi connectivity index (χ3n) is 7.18. The highest BCUT2D eigenvalue weighted by molar-refractivity contribution is 7.92. The summed E-state index contributed by atoms with van der Waals surface area (Å²) < 4.78 is 53.6. The van der Waals surface area contributed by atoms with Crippen LogP contribution in [0.4, 0.5) is 17.1 Å². The maximum absolute atomic E-state index is 13.5. The van der Waals surface area contributed by atoms with Crippen molar-refractivity contribution >= 4 is 42.5 Å². The number of carbonyl (C=O) groups excluding carboxylic acids is 1. The predicted octanol–water partition coefficient (Wildman–Crippen LogP) is 6.35. The van der Waals surface area contributed by atoms with Gasteiger partial charge in [-0.2, -0.15) is 0 Å². The van der Waals surface area contributed by atoms with Gasteiger partial charge in [0.1, 0.15) is 0 Å². The van der Waals surface area contributed by atoms with Gasteiger partial charge in [-0.05, 0) is 60.2 Å². The highest BCUT2D eigenvalue weighted by atomic mass is 32.2. The van der Waals surface area contributed by atoms with E-state index < -0.39 is 19.7 Å². The number of para-hydroxylation sites is 3. The molecule has 0 aliphatic carbocycles. The molecular formula is C31H19NO5S2. The van der Waals surface area contributed by atoms with E-state index in [0.29, 0.717) is 28.2 Å². The molecule has 0 radical (unpaired) electrons. The molecule has 5 aromatic carbocycles. The summed E-state index contributed by atoms with van der Waals surface area (Å²) in [6, 6.07) is 32.2. The lowest BCUT2D eigenvalue weighted by Crippen LogP contribution is -2.22. The summed E-state index contributed by atoms with van der Waals surface area (Å²) in [5, 5.41) is 0. The van der Waals surface area contributed by atoms with E-state index in [1.165, 1.54) is 18.2 Å². The second-order valence-corrected chi connectivity index (χ2v) is 13.1. The number of anilines is 3. The van der Waals surface area contributed by atoms with Crippen LogP contribution in [0.1, 0.15) is 15.9 Å². The predicted molar refractivity (Wildman–Crippen MR) is 147 cm³/mol. The Bertz CT molecular complexity index is 2030. The van der Waals surface area contributed by atoms with Crippen molar-refractivity contribution in [2.75, 3.05) is 4.90 Å². The zero-order chi connectivity index (χ0) is 26.9. The zero-order valence-electron chi connectivity index (χ0n) is 20.3. The second-order valence-electron chi connectivity index (χ2n) is 9.33. The van der Waals surface area contributed by atoms with Crippen LogP contribution in [0.5, 0.6) is 0 Å². The van der Waals surface area contributed by atoms with Crippen LogP contribution in [0.3, 0.4) is 0 Å². The highest BCUT2D eigenvalue weighted by Gasteiger charge is 2.37. The number of hydrogen-bond acceptors (Lipinski definition) is 6. The summed E-state index contributed by atoms with van der Waals surface area (Å²) in [4.78, 5) is 15.7. The van der Waals surface area contributed by atoms with E-state index >= 15 is 0 Å². The van der Waals surface area contributed by atoms with Crippen molar-refractivity contribution < 1.29 is 21.6 Å². The van der Waals surface area contributed by atoms with Crippen LogP contribution in [-0.2, 0) is 19.7 Å². The quantitative estimate of drug-likeness (QED) is 0.250. The molecule has 39 heavy (non-hydrogen) atoms. The lowest BCUT2D eigenvalue weighted by molar-refractivity contribution is 0.103. The van der Waals surface area contributed by atoms with Crippen LogP contribution >= 0.6 is 0 Å². The van der Waals surface area contributed by atoms with Crippen molar-refractivity contribution in [1.29, 1.82) is 0 Å². The summed E-state index contributed by atoms with van der Waals surface area (Å²) in [5.74, 6) is -0.352. The Labute approximate surface area is 225 Å². The fourth-order valence-corrected chi connectivity index (χ4v) is 8.68. The van der Waals surface area contributed by atoms with Gasteiger partial charge >= 0.3 is 0 Å². The van der Waals surface area contributed by atoms with Gasteiger partial charge in [-0.25, -0.2) is 16.8 Å². The van der Waals surface area contributed by atoms with Crippen LogP contribution in [0.15, 0.2) is 135 Å². The minimum Gasteiger partial charge on any atom is -0.307 e. The van der Waals surface area contributed by atoms with Gasteiger partial charge in [0.2, 0.25) is 19.7 Å². The van der Waals surface area contributed by atoms with E-state index in [0.717, 1.165) is 0 Å². The van der Waals surface area contributed by atoms with Crippen LogP contribution < -0.4 is 4.90 Å². The number of sulfone groups is 2. The number of carbonyl (C=O) groups is 1. The van der Waals surface area contributed by atoms with Gasteiger partial charge in [0, 0.05) is 16.7 Å². The molecule has 0 saturated carbocycles. The van der Waals surface area contributed by atoms with Gasteiger partial charge in [0.05, 0.1) is 36.6 Å². The lowest BCUT2D eigenvalue weighted by Gasteiger charge is -2.34. The van der Waals surface area contributed by atoms with E-state index in [1.54, 1.807) is 72.8 Å². The van der Waals surface area contributed by atoms with Gasteiger partial charge in [-0.1, -0.05) is 60.7 Å². The van der Waals surface area contributed by atoms with Crippen molar-refractivity contribution in [2.45, 2.75) is 19.6 Å². The molecular weight excluding hydrogens is 530 g/mol. The fourth-order valence-electron chi connectivity index (χ4n) is 5.42. The molecule has 2 heterocycles. The van der Waals surface area contributed by atoms with E-state index in [4.69, 9.17) is 0 Å². The average molecular weight is 550 g/mol. The molecule has 2 aliphatic rings. The Morgan fingerprint density at radius 3 is 1.54 bits per heavy atom. The molecule has 8 heteroatoms. The summed E-state index contributed by atoms with van der Waals surface area (Å²) in [5.41, 5.74) is 3.33. The zero-order valence-corrected chi connectivity index (χ0v) is 21.9. The number of hydrogen-bond donors (Lipinski definition) is 0. The van der Waals surface area contributed by atoms with E-state index in [2.05, 4.69) is 0 Å². The Morgan fingerprint density at radius 2 is 0.897 bits per heavy atom. The Kier molecular flexibility index (Phi) is 4.98. The van der Waals surface area contributed by atoms with Crippen LogP contribution in [0.2, 0.25) is 0 Å². The van der Waals surface area contributed by atoms with Crippen LogP contribution in [0, 0.1) is 0 Å². The number of nitrogens with zero attached hydrogens (tertiary/aromatic N) is 1. The third kappa shape index (κ3) is 3.28. The van der Waals surface area contributed by atoms with Crippen LogP contribution in [-0.4, -0.2) is 22.6 Å². The number of ketones is 1. The minimum absolute atomic E-state index is 0.0124.